The lowest BCUT2D eigenvalue weighted by Crippen LogP contribution is -2.23. The van der Waals surface area contributed by atoms with Gasteiger partial charge in [-0.3, -0.25) is 4.79 Å². The smallest absolute Gasteiger partial charge is 0.299 e. The number of aryl methyl sites for hydroxylation is 1. The molecule has 0 spiro atoms. The van der Waals surface area contributed by atoms with E-state index in [4.69, 9.17) is 4.74 Å². The standard InChI is InChI=1S/C44H34N2O2S2/c1-44(2)36-14-7-6-12-33(36)34-17-15-30(23-37(34)44)46-38-22-29(21-28-11-8-13-35(42(28)38)43(46)27-9-4-3-5-10-27)39-19-20-41(50-39)40-18-16-32(49-40)24-31(25-45)48-26-47/h3-7,9-10,12,14-24,26,35,43H,8,11,13H2,1-2H3. The van der Waals surface area contributed by atoms with Gasteiger partial charge < -0.3 is 9.64 Å². The van der Waals surface area contributed by atoms with Gasteiger partial charge in [0.05, 0.1) is 6.04 Å². The van der Waals surface area contributed by atoms with Crippen molar-refractivity contribution in [1.29, 1.82) is 5.26 Å². The number of nitrogens with zero attached hydrogens (tertiary/aromatic N) is 2. The molecule has 3 heterocycles. The van der Waals surface area contributed by atoms with Gasteiger partial charge in [0.25, 0.3) is 6.47 Å². The van der Waals surface area contributed by atoms with Gasteiger partial charge in [0, 0.05) is 48.3 Å². The molecule has 1 aliphatic heterocycles. The molecule has 2 aromatic heterocycles. The molecule has 2 atom stereocenters. The number of allylic oxidation sites excluding steroid dienone is 1. The second-order valence-corrected chi connectivity index (χ2v) is 16.1. The van der Waals surface area contributed by atoms with E-state index in [0.717, 1.165) is 16.2 Å². The molecule has 6 heteroatoms. The second-order valence-electron chi connectivity index (χ2n) is 13.9. The summed E-state index contributed by atoms with van der Waals surface area (Å²) in [5.41, 5.74) is 13.6. The molecular formula is C44H34N2O2S2. The average Bonchev–Trinajstić information content (AvgIpc) is 3.93. The van der Waals surface area contributed by atoms with Crippen LogP contribution in [0.1, 0.15) is 71.3 Å². The van der Waals surface area contributed by atoms with Crippen LogP contribution in [0.2, 0.25) is 0 Å². The number of benzene rings is 4. The Bertz CT molecular complexity index is 2370. The molecule has 0 fully saturated rings. The molecule has 0 radical (unpaired) electrons. The third kappa shape index (κ3) is 4.87. The molecule has 0 N–H and O–H groups in total. The Hall–Kier alpha value is -5.22. The van der Waals surface area contributed by atoms with Gasteiger partial charge in [0.1, 0.15) is 6.07 Å². The summed E-state index contributed by atoms with van der Waals surface area (Å²) in [6.07, 6.45) is 5.07. The number of thiophene rings is 2. The minimum Gasteiger partial charge on any atom is -0.417 e. The number of ether oxygens (including phenoxy) is 1. The van der Waals surface area contributed by atoms with E-state index in [1.807, 2.05) is 12.1 Å². The molecule has 4 nitrogen and oxygen atoms in total. The van der Waals surface area contributed by atoms with E-state index in [2.05, 4.69) is 122 Å². The minimum atomic E-state index is -0.0738. The topological polar surface area (TPSA) is 53.3 Å². The third-order valence-electron chi connectivity index (χ3n) is 10.8. The fraction of sp³-hybridized carbons (Fsp3) is 0.182. The summed E-state index contributed by atoms with van der Waals surface area (Å²) in [5, 5.41) is 9.28. The maximum atomic E-state index is 10.8. The highest BCUT2D eigenvalue weighted by Gasteiger charge is 2.44. The summed E-state index contributed by atoms with van der Waals surface area (Å²) in [4.78, 5) is 17.8. The number of carbonyl (C=O) groups excluding carboxylic acids is 1. The zero-order valence-corrected chi connectivity index (χ0v) is 29.5. The fourth-order valence-electron chi connectivity index (χ4n) is 8.61. The molecule has 6 aromatic rings. The third-order valence-corrected chi connectivity index (χ3v) is 13.2. The first kappa shape index (κ1) is 30.8. The van der Waals surface area contributed by atoms with E-state index < -0.39 is 0 Å². The number of anilines is 2. The van der Waals surface area contributed by atoms with Crippen LogP contribution >= 0.6 is 22.7 Å². The van der Waals surface area contributed by atoms with Crippen LogP contribution < -0.4 is 4.90 Å². The van der Waals surface area contributed by atoms with Crippen LogP contribution in [0.5, 0.6) is 0 Å². The van der Waals surface area contributed by atoms with Gasteiger partial charge in [0.2, 0.25) is 5.76 Å². The SMILES string of the molecule is CC1(C)c2ccccc2-c2ccc(N3c4cc(-c5ccc(-c6ccc(C=C(C#N)OC=O)s6)s5)cc5c4C(CCC5)C3c3ccccc3)cc21. The molecule has 2 aliphatic carbocycles. The zero-order chi connectivity index (χ0) is 34.0. The summed E-state index contributed by atoms with van der Waals surface area (Å²) in [5.74, 6) is 0.419. The largest absolute Gasteiger partial charge is 0.417 e. The van der Waals surface area contributed by atoms with Gasteiger partial charge in [-0.25, -0.2) is 0 Å². The lowest BCUT2D eigenvalue weighted by Gasteiger charge is -2.33. The fourth-order valence-corrected chi connectivity index (χ4v) is 10.6. The summed E-state index contributed by atoms with van der Waals surface area (Å²) < 4.78 is 4.79. The molecular weight excluding hydrogens is 653 g/mol. The molecule has 2 unspecified atom stereocenters. The van der Waals surface area contributed by atoms with Crippen LogP contribution in [-0.4, -0.2) is 6.47 Å². The Morgan fingerprint density at radius 3 is 2.46 bits per heavy atom. The van der Waals surface area contributed by atoms with E-state index in [-0.39, 0.29) is 23.7 Å². The van der Waals surface area contributed by atoms with Gasteiger partial charge in [-0.05, 0) is 112 Å². The highest BCUT2D eigenvalue weighted by Crippen LogP contribution is 2.59. The van der Waals surface area contributed by atoms with Crippen molar-refractivity contribution in [3.63, 3.8) is 0 Å². The first-order valence-electron chi connectivity index (χ1n) is 17.1. The van der Waals surface area contributed by atoms with Crippen LogP contribution in [0.3, 0.4) is 0 Å². The van der Waals surface area contributed by atoms with Crippen LogP contribution in [0, 0.1) is 11.3 Å². The monoisotopic (exact) mass is 686 g/mol. The molecule has 50 heavy (non-hydrogen) atoms. The van der Waals surface area contributed by atoms with Gasteiger partial charge in [0.15, 0.2) is 0 Å². The molecule has 0 amide bonds. The summed E-state index contributed by atoms with van der Waals surface area (Å²) in [6.45, 7) is 5.02. The van der Waals surface area contributed by atoms with Crippen LogP contribution in [0.15, 0.2) is 115 Å². The maximum Gasteiger partial charge on any atom is 0.299 e. The Kier molecular flexibility index (Phi) is 7.38. The Balaban J connectivity index is 1.15. The van der Waals surface area contributed by atoms with Crippen molar-refractivity contribution in [2.75, 3.05) is 4.90 Å². The van der Waals surface area contributed by atoms with E-state index in [1.54, 1.807) is 28.7 Å². The predicted octanol–water partition coefficient (Wildman–Crippen LogP) is 11.8. The van der Waals surface area contributed by atoms with E-state index in [0.29, 0.717) is 5.92 Å². The summed E-state index contributed by atoms with van der Waals surface area (Å²) in [6, 6.07) is 42.7. The average molecular weight is 687 g/mol. The van der Waals surface area contributed by atoms with Crippen molar-refractivity contribution in [1.82, 2.24) is 0 Å². The number of nitriles is 1. The number of hydrogen-bond acceptors (Lipinski definition) is 6. The highest BCUT2D eigenvalue weighted by molar-refractivity contribution is 7.24. The van der Waals surface area contributed by atoms with E-state index in [1.165, 1.54) is 78.5 Å². The van der Waals surface area contributed by atoms with Crippen molar-refractivity contribution >= 4 is 46.6 Å². The molecule has 4 aromatic carbocycles. The first-order valence-corrected chi connectivity index (χ1v) is 18.8. The number of carbonyl (C=O) groups is 1. The normalized spacial score (nSPS) is 18.3. The van der Waals surface area contributed by atoms with Crippen molar-refractivity contribution in [3.05, 3.63) is 148 Å². The van der Waals surface area contributed by atoms with Crippen molar-refractivity contribution in [3.8, 4) is 37.4 Å². The quantitative estimate of drug-likeness (QED) is 0.0953. The highest BCUT2D eigenvalue weighted by atomic mass is 32.1. The summed E-state index contributed by atoms with van der Waals surface area (Å²) in [7, 11) is 0. The van der Waals surface area contributed by atoms with Gasteiger partial charge in [-0.15, -0.1) is 22.7 Å². The van der Waals surface area contributed by atoms with Gasteiger partial charge >= 0.3 is 0 Å². The van der Waals surface area contributed by atoms with Crippen molar-refractivity contribution in [2.45, 2.75) is 50.5 Å². The minimum absolute atomic E-state index is 0.0134. The van der Waals surface area contributed by atoms with E-state index >= 15 is 0 Å². The zero-order valence-electron chi connectivity index (χ0n) is 27.9. The Labute approximate surface area is 300 Å². The Morgan fingerprint density at radius 2 is 1.62 bits per heavy atom. The second kappa shape index (κ2) is 12.0. The molecule has 0 saturated carbocycles. The molecule has 9 rings (SSSR count). The first-order chi connectivity index (χ1) is 24.4. The van der Waals surface area contributed by atoms with Crippen LogP contribution in [-0.2, 0) is 21.4 Å². The maximum absolute atomic E-state index is 10.8. The van der Waals surface area contributed by atoms with Crippen molar-refractivity contribution in [2.24, 2.45) is 0 Å². The lowest BCUT2D eigenvalue weighted by molar-refractivity contribution is -0.124. The number of rotatable bonds is 7. The summed E-state index contributed by atoms with van der Waals surface area (Å²) >= 11 is 3.37. The molecule has 0 bridgehead atoms. The van der Waals surface area contributed by atoms with Gasteiger partial charge in [-0.1, -0.05) is 74.5 Å². The Morgan fingerprint density at radius 1 is 0.860 bits per heavy atom. The number of fused-ring (bicyclic) bond motifs is 3. The lowest BCUT2D eigenvalue weighted by atomic mass is 9.78. The molecule has 0 saturated heterocycles. The van der Waals surface area contributed by atoms with Gasteiger partial charge in [-0.2, -0.15) is 5.26 Å². The molecule has 3 aliphatic rings. The predicted molar refractivity (Wildman–Crippen MR) is 205 cm³/mol. The van der Waals surface area contributed by atoms with Crippen LogP contribution in [0.25, 0.3) is 37.4 Å². The van der Waals surface area contributed by atoms with Crippen molar-refractivity contribution < 1.29 is 9.53 Å². The number of hydrogen-bond donors (Lipinski definition) is 0. The van der Waals surface area contributed by atoms with E-state index in [9.17, 15) is 10.1 Å². The van der Waals surface area contributed by atoms with Crippen LogP contribution in [0.4, 0.5) is 11.4 Å². The molecule has 244 valence electrons.